The van der Waals surface area contributed by atoms with Gasteiger partial charge in [0.2, 0.25) is 0 Å². The number of ether oxygens (including phenoxy) is 2. The summed E-state index contributed by atoms with van der Waals surface area (Å²) in [4.78, 5) is 17.6. The van der Waals surface area contributed by atoms with Crippen LogP contribution in [0.1, 0.15) is 61.7 Å². The Hall–Kier alpha value is -2.73. The maximum atomic E-state index is 12.6. The summed E-state index contributed by atoms with van der Waals surface area (Å²) >= 11 is 6.19. The lowest BCUT2D eigenvalue weighted by Gasteiger charge is -2.29. The van der Waals surface area contributed by atoms with Gasteiger partial charge in [0.25, 0.3) is 0 Å². The molecule has 0 spiro atoms. The van der Waals surface area contributed by atoms with E-state index < -0.39 is 17.7 Å². The van der Waals surface area contributed by atoms with Gasteiger partial charge < -0.3 is 14.6 Å². The first-order chi connectivity index (χ1) is 16.4. The molecule has 3 aromatic rings. The van der Waals surface area contributed by atoms with Crippen LogP contribution in [0.3, 0.4) is 0 Å². The predicted octanol–water partition coefficient (Wildman–Crippen LogP) is 7.47. The Morgan fingerprint density at radius 1 is 1.03 bits per heavy atom. The van der Waals surface area contributed by atoms with Crippen LogP contribution in [0.5, 0.6) is 0 Å². The Morgan fingerprint density at radius 2 is 1.66 bits per heavy atom. The van der Waals surface area contributed by atoms with Crippen LogP contribution in [-0.2, 0) is 20.9 Å². The number of halogens is 1. The fourth-order valence-corrected chi connectivity index (χ4v) is 4.21. The summed E-state index contributed by atoms with van der Waals surface area (Å²) in [6.07, 6.45) is -1.23. The molecule has 1 heterocycles. The lowest BCUT2D eigenvalue weighted by molar-refractivity contribution is -0.160. The highest BCUT2D eigenvalue weighted by Gasteiger charge is 2.34. The highest BCUT2D eigenvalue weighted by molar-refractivity contribution is 6.30. The summed E-state index contributed by atoms with van der Waals surface area (Å²) in [5, 5.41) is 10.9. The average Bonchev–Trinajstić information content (AvgIpc) is 2.78. The van der Waals surface area contributed by atoms with Gasteiger partial charge >= 0.3 is 5.97 Å². The summed E-state index contributed by atoms with van der Waals surface area (Å²) in [6, 6.07) is 13.6. The number of carbonyl (C=O) groups is 1. The summed E-state index contributed by atoms with van der Waals surface area (Å²) in [5.41, 5.74) is 6.96. The van der Waals surface area contributed by atoms with Crippen LogP contribution in [0.4, 0.5) is 0 Å². The largest absolute Gasteiger partial charge is 0.479 e. The molecule has 0 radical (unpaired) electrons. The van der Waals surface area contributed by atoms with Crippen molar-refractivity contribution in [2.24, 2.45) is 0 Å². The monoisotopic (exact) mass is 495 g/mol. The third-order valence-corrected chi connectivity index (χ3v) is 6.12. The van der Waals surface area contributed by atoms with Crippen molar-refractivity contribution in [2.75, 3.05) is 6.61 Å². The van der Waals surface area contributed by atoms with Crippen molar-refractivity contribution in [1.29, 1.82) is 0 Å². The second-order valence-corrected chi connectivity index (χ2v) is 10.1. The smallest absolute Gasteiger partial charge is 0.337 e. The maximum Gasteiger partial charge on any atom is 0.337 e. The van der Waals surface area contributed by atoms with E-state index in [1.54, 1.807) is 12.1 Å². The minimum atomic E-state index is -1.23. The number of pyridine rings is 1. The van der Waals surface area contributed by atoms with Gasteiger partial charge in [0, 0.05) is 22.8 Å². The molecular weight excluding hydrogens is 462 g/mol. The molecule has 2 aromatic carbocycles. The summed E-state index contributed by atoms with van der Waals surface area (Å²) in [6.45, 7) is 14.2. The number of aryl methyl sites for hydroxylation is 2. The Bertz CT molecular complexity index is 1210. The molecule has 0 saturated heterocycles. The molecule has 186 valence electrons. The number of hydrogen-bond donors (Lipinski definition) is 1. The van der Waals surface area contributed by atoms with Crippen molar-refractivity contribution < 1.29 is 19.4 Å². The third kappa shape index (κ3) is 6.29. The van der Waals surface area contributed by atoms with Crippen LogP contribution >= 0.6 is 11.6 Å². The summed E-state index contributed by atoms with van der Waals surface area (Å²) < 4.78 is 11.9. The SMILES string of the molecule is CCOCc1nc(-c2ccc(C)c(C)c2)c(C)c(-c2ccc(Cl)cc2)c1[C@H](OC(C)(C)C)C(=O)O. The van der Waals surface area contributed by atoms with Gasteiger partial charge in [-0.2, -0.15) is 0 Å². The molecule has 1 N–H and O–H groups in total. The normalized spacial score (nSPS) is 12.6. The highest BCUT2D eigenvalue weighted by Crippen LogP contribution is 2.41. The Kier molecular flexibility index (Phi) is 8.37. The minimum Gasteiger partial charge on any atom is -0.479 e. The number of hydrogen-bond acceptors (Lipinski definition) is 4. The van der Waals surface area contributed by atoms with Crippen LogP contribution in [-0.4, -0.2) is 28.3 Å². The first-order valence-electron chi connectivity index (χ1n) is 11.8. The van der Waals surface area contributed by atoms with E-state index >= 15 is 0 Å². The first-order valence-corrected chi connectivity index (χ1v) is 12.2. The Morgan fingerprint density at radius 3 is 2.20 bits per heavy atom. The maximum absolute atomic E-state index is 12.6. The molecule has 1 atom stereocenters. The van der Waals surface area contributed by atoms with Gasteiger partial charge in [0.1, 0.15) is 0 Å². The molecule has 0 unspecified atom stereocenters. The zero-order chi connectivity index (χ0) is 25.9. The molecule has 0 aliphatic rings. The second kappa shape index (κ2) is 10.9. The number of benzene rings is 2. The van der Waals surface area contributed by atoms with Crippen LogP contribution in [0.2, 0.25) is 5.02 Å². The van der Waals surface area contributed by atoms with Gasteiger partial charge in [-0.15, -0.1) is 0 Å². The predicted molar refractivity (Wildman–Crippen MR) is 141 cm³/mol. The first kappa shape index (κ1) is 26.9. The van der Waals surface area contributed by atoms with Crippen molar-refractivity contribution in [3.05, 3.63) is 75.4 Å². The molecule has 3 rings (SSSR count). The van der Waals surface area contributed by atoms with Crippen molar-refractivity contribution in [2.45, 2.75) is 66.8 Å². The van der Waals surface area contributed by atoms with Crippen molar-refractivity contribution in [1.82, 2.24) is 4.98 Å². The standard InChI is InChI=1S/C29H34ClNO4/c1-8-34-16-23-25(27(28(32)33)35-29(5,6)7)24(20-11-13-22(30)14-12-20)19(4)26(31-23)21-10-9-17(2)18(3)15-21/h9-15,27H,8,16H2,1-7H3,(H,32,33)/t27-/m0/s1. The van der Waals surface area contributed by atoms with Gasteiger partial charge in [-0.05, 0) is 94.5 Å². The van der Waals surface area contributed by atoms with E-state index in [1.807, 2.05) is 52.8 Å². The molecule has 5 nitrogen and oxygen atoms in total. The van der Waals surface area contributed by atoms with Gasteiger partial charge in [-0.3, -0.25) is 0 Å². The quantitative estimate of drug-likeness (QED) is 0.351. The number of carboxylic acids is 1. The van der Waals surface area contributed by atoms with E-state index in [1.165, 1.54) is 5.56 Å². The van der Waals surface area contributed by atoms with Crippen LogP contribution in [0.25, 0.3) is 22.4 Å². The topological polar surface area (TPSA) is 68.7 Å². The molecule has 0 fully saturated rings. The highest BCUT2D eigenvalue weighted by atomic mass is 35.5. The van der Waals surface area contributed by atoms with E-state index in [4.69, 9.17) is 26.1 Å². The van der Waals surface area contributed by atoms with Gasteiger partial charge in [-0.25, -0.2) is 9.78 Å². The van der Waals surface area contributed by atoms with Crippen molar-refractivity contribution >= 4 is 17.6 Å². The lowest BCUT2D eigenvalue weighted by Crippen LogP contribution is -2.29. The fraction of sp³-hybridized carbons (Fsp3) is 0.379. The van der Waals surface area contributed by atoms with Crippen LogP contribution in [0, 0.1) is 20.8 Å². The van der Waals surface area contributed by atoms with E-state index in [-0.39, 0.29) is 6.61 Å². The number of carboxylic acid groups (broad SMARTS) is 1. The van der Waals surface area contributed by atoms with Crippen molar-refractivity contribution in [3.63, 3.8) is 0 Å². The van der Waals surface area contributed by atoms with Crippen molar-refractivity contribution in [3.8, 4) is 22.4 Å². The third-order valence-electron chi connectivity index (χ3n) is 5.87. The number of aliphatic carboxylic acids is 1. The Labute approximate surface area is 213 Å². The van der Waals surface area contributed by atoms with E-state index in [9.17, 15) is 9.90 Å². The molecule has 0 aliphatic heterocycles. The molecular formula is C29H34ClNO4. The average molecular weight is 496 g/mol. The number of aromatic nitrogens is 1. The molecule has 0 saturated carbocycles. The molecule has 0 bridgehead atoms. The zero-order valence-electron chi connectivity index (χ0n) is 21.5. The van der Waals surface area contributed by atoms with E-state index in [0.29, 0.717) is 22.9 Å². The summed E-state index contributed by atoms with van der Waals surface area (Å²) in [5.74, 6) is -1.08. The molecule has 0 amide bonds. The fourth-order valence-electron chi connectivity index (χ4n) is 4.08. The minimum absolute atomic E-state index is 0.168. The molecule has 0 aliphatic carbocycles. The lowest BCUT2D eigenvalue weighted by atomic mass is 9.88. The number of rotatable bonds is 8. The second-order valence-electron chi connectivity index (χ2n) is 9.71. The van der Waals surface area contributed by atoms with Gasteiger partial charge in [-0.1, -0.05) is 35.9 Å². The summed E-state index contributed by atoms with van der Waals surface area (Å²) in [7, 11) is 0. The van der Waals surface area contributed by atoms with E-state index in [2.05, 4.69) is 26.0 Å². The molecule has 1 aromatic heterocycles. The van der Waals surface area contributed by atoms with Crippen LogP contribution < -0.4 is 0 Å². The van der Waals surface area contributed by atoms with Gasteiger partial charge in [0.15, 0.2) is 6.10 Å². The van der Waals surface area contributed by atoms with Crippen LogP contribution in [0.15, 0.2) is 42.5 Å². The molecule has 6 heteroatoms. The van der Waals surface area contributed by atoms with Gasteiger partial charge in [0.05, 0.1) is 23.6 Å². The Balaban J connectivity index is 2.42. The zero-order valence-corrected chi connectivity index (χ0v) is 22.3. The van der Waals surface area contributed by atoms with E-state index in [0.717, 1.165) is 33.5 Å². The number of nitrogens with zero attached hydrogens (tertiary/aromatic N) is 1. The molecule has 35 heavy (non-hydrogen) atoms.